The fourth-order valence-corrected chi connectivity index (χ4v) is 3.86. The molecule has 2 aromatic rings. The summed E-state index contributed by atoms with van der Waals surface area (Å²) in [6, 6.07) is 9.16. The largest absolute Gasteiger partial charge is 0.322 e. The van der Waals surface area contributed by atoms with Crippen LogP contribution in [-0.2, 0) is 0 Å². The summed E-state index contributed by atoms with van der Waals surface area (Å²) < 4.78 is 29.2. The van der Waals surface area contributed by atoms with Gasteiger partial charge in [-0.3, -0.25) is 4.79 Å². The normalized spacial score (nSPS) is 17.3. The predicted molar refractivity (Wildman–Crippen MR) is 116 cm³/mol. The lowest BCUT2D eigenvalue weighted by molar-refractivity contribution is 0.102. The van der Waals surface area contributed by atoms with Crippen molar-refractivity contribution < 1.29 is 13.6 Å². The topological polar surface area (TPSA) is 44.4 Å². The second kappa shape index (κ2) is 8.90. The predicted octanol–water partition coefficient (Wildman–Crippen LogP) is 4.31. The number of nitrogens with one attached hydrogen (secondary N) is 2. The zero-order valence-electron chi connectivity index (χ0n) is 17.0. The molecule has 2 aromatic carbocycles. The Hall–Kier alpha value is -2.83. The lowest BCUT2D eigenvalue weighted by Crippen LogP contribution is -2.23. The minimum Gasteiger partial charge on any atom is -0.322 e. The van der Waals surface area contributed by atoms with E-state index in [4.69, 9.17) is 0 Å². The molecule has 30 heavy (non-hydrogen) atoms. The van der Waals surface area contributed by atoms with Crippen LogP contribution in [0, 0.1) is 11.6 Å². The zero-order chi connectivity index (χ0) is 21.1. The molecule has 4 rings (SSSR count). The smallest absolute Gasteiger partial charge is 0.255 e. The second-order valence-corrected chi connectivity index (χ2v) is 7.77. The van der Waals surface area contributed by atoms with Crippen molar-refractivity contribution in [3.05, 3.63) is 76.9 Å². The molecule has 0 atom stereocenters. The van der Waals surface area contributed by atoms with Crippen molar-refractivity contribution in [1.82, 2.24) is 10.2 Å². The number of benzene rings is 2. The van der Waals surface area contributed by atoms with E-state index in [0.717, 1.165) is 43.6 Å². The van der Waals surface area contributed by atoms with Gasteiger partial charge in [0.05, 0.1) is 0 Å². The molecule has 0 radical (unpaired) electrons. The van der Waals surface area contributed by atoms with Crippen molar-refractivity contribution in [3.63, 3.8) is 0 Å². The van der Waals surface area contributed by atoms with Crippen molar-refractivity contribution in [2.24, 2.45) is 0 Å². The summed E-state index contributed by atoms with van der Waals surface area (Å²) in [6.45, 7) is 3.20. The molecule has 4 nitrogen and oxygen atoms in total. The Balaban J connectivity index is 1.48. The van der Waals surface area contributed by atoms with Gasteiger partial charge in [0.25, 0.3) is 5.91 Å². The molecule has 1 amide bonds. The Morgan fingerprint density at radius 3 is 2.37 bits per heavy atom. The number of carbonyl (C=O) groups excluding carboxylic acids is 1. The van der Waals surface area contributed by atoms with E-state index >= 15 is 0 Å². The van der Waals surface area contributed by atoms with Gasteiger partial charge in [0, 0.05) is 42.0 Å². The molecule has 0 aliphatic carbocycles. The molecule has 0 unspecified atom stereocenters. The van der Waals surface area contributed by atoms with Crippen molar-refractivity contribution in [3.8, 4) is 0 Å². The van der Waals surface area contributed by atoms with Crippen LogP contribution in [0.2, 0.25) is 0 Å². The van der Waals surface area contributed by atoms with E-state index in [2.05, 4.69) is 15.5 Å². The van der Waals surface area contributed by atoms with Crippen molar-refractivity contribution in [2.75, 3.05) is 38.5 Å². The second-order valence-electron chi connectivity index (χ2n) is 7.77. The van der Waals surface area contributed by atoms with E-state index in [-0.39, 0.29) is 11.4 Å². The third-order valence-electron chi connectivity index (χ3n) is 5.63. The number of nitrogens with zero attached hydrogens (tertiary/aromatic N) is 1. The molecule has 156 valence electrons. The highest BCUT2D eigenvalue weighted by atomic mass is 19.1. The van der Waals surface area contributed by atoms with Crippen LogP contribution in [0.4, 0.5) is 14.5 Å². The van der Waals surface area contributed by atoms with Crippen molar-refractivity contribution >= 4 is 22.7 Å². The molecule has 2 aliphatic heterocycles. The highest BCUT2D eigenvalue weighted by Gasteiger charge is 2.16. The standard InChI is InChI=1S/C24H25F2N3O/c1-29-12-8-17(9-13-29)21-5-3-19(15-23(21)26)28-24(30)18-2-4-20(22(25)14-18)16-6-10-27-11-7-16/h2-6,8,14-15,27H,7,9-13H2,1H3,(H,28,30). The first-order chi connectivity index (χ1) is 14.5. The molecule has 2 heterocycles. The van der Waals surface area contributed by atoms with Crippen molar-refractivity contribution in [1.29, 1.82) is 0 Å². The van der Waals surface area contributed by atoms with Crippen LogP contribution in [-0.4, -0.2) is 44.0 Å². The van der Waals surface area contributed by atoms with Gasteiger partial charge in [-0.1, -0.05) is 18.2 Å². The Morgan fingerprint density at radius 1 is 1.00 bits per heavy atom. The highest BCUT2D eigenvalue weighted by molar-refractivity contribution is 6.04. The first-order valence-corrected chi connectivity index (χ1v) is 10.2. The van der Waals surface area contributed by atoms with Gasteiger partial charge in [-0.25, -0.2) is 8.78 Å². The maximum Gasteiger partial charge on any atom is 0.255 e. The number of rotatable bonds is 4. The first kappa shape index (κ1) is 20.4. The molecule has 0 spiro atoms. The maximum atomic E-state index is 14.6. The summed E-state index contributed by atoms with van der Waals surface area (Å²) in [6.07, 6.45) is 5.53. The number of amides is 1. The zero-order valence-corrected chi connectivity index (χ0v) is 17.0. The van der Waals surface area contributed by atoms with E-state index in [1.807, 2.05) is 19.2 Å². The number of hydrogen-bond acceptors (Lipinski definition) is 3. The monoisotopic (exact) mass is 409 g/mol. The Morgan fingerprint density at radius 2 is 1.73 bits per heavy atom. The lowest BCUT2D eigenvalue weighted by Gasteiger charge is -2.22. The molecule has 2 N–H and O–H groups in total. The molecule has 2 aliphatic rings. The quantitative estimate of drug-likeness (QED) is 0.791. The Bertz CT molecular complexity index is 1030. The summed E-state index contributed by atoms with van der Waals surface area (Å²) >= 11 is 0. The van der Waals surface area contributed by atoms with Crippen LogP contribution < -0.4 is 10.6 Å². The molecular weight excluding hydrogens is 384 g/mol. The average molecular weight is 409 g/mol. The summed E-state index contributed by atoms with van der Waals surface area (Å²) in [5.41, 5.74) is 3.56. The van der Waals surface area contributed by atoms with Gasteiger partial charge in [-0.15, -0.1) is 0 Å². The van der Waals surface area contributed by atoms with Gasteiger partial charge < -0.3 is 15.5 Å². The summed E-state index contributed by atoms with van der Waals surface area (Å²) in [4.78, 5) is 14.7. The van der Waals surface area contributed by atoms with Gasteiger partial charge >= 0.3 is 0 Å². The Kier molecular flexibility index (Phi) is 6.06. The first-order valence-electron chi connectivity index (χ1n) is 10.2. The summed E-state index contributed by atoms with van der Waals surface area (Å²) in [5, 5.41) is 5.86. The van der Waals surface area contributed by atoms with E-state index in [1.54, 1.807) is 24.3 Å². The minimum atomic E-state index is -0.467. The number of carbonyl (C=O) groups is 1. The number of anilines is 1. The summed E-state index contributed by atoms with van der Waals surface area (Å²) in [7, 11) is 2.03. The fraction of sp³-hybridized carbons (Fsp3) is 0.292. The Labute approximate surface area is 175 Å². The van der Waals surface area contributed by atoms with Crippen LogP contribution in [0.25, 0.3) is 11.1 Å². The van der Waals surface area contributed by atoms with Gasteiger partial charge in [0.15, 0.2) is 0 Å². The molecule has 0 saturated heterocycles. The lowest BCUT2D eigenvalue weighted by atomic mass is 9.98. The molecule has 0 saturated carbocycles. The van der Waals surface area contributed by atoms with Crippen LogP contribution in [0.3, 0.4) is 0 Å². The van der Waals surface area contributed by atoms with Gasteiger partial charge in [-0.05, 0) is 67.9 Å². The fourth-order valence-electron chi connectivity index (χ4n) is 3.86. The highest BCUT2D eigenvalue weighted by Crippen LogP contribution is 2.27. The number of likely N-dealkylation sites (N-methyl/N-ethyl adjacent to an activating group) is 1. The van der Waals surface area contributed by atoms with E-state index in [0.29, 0.717) is 23.4 Å². The molecule has 0 bridgehead atoms. The van der Waals surface area contributed by atoms with E-state index < -0.39 is 11.7 Å². The van der Waals surface area contributed by atoms with Gasteiger partial charge in [-0.2, -0.15) is 0 Å². The third kappa shape index (κ3) is 4.50. The van der Waals surface area contributed by atoms with Crippen molar-refractivity contribution in [2.45, 2.75) is 12.8 Å². The summed E-state index contributed by atoms with van der Waals surface area (Å²) in [5.74, 6) is -1.26. The number of halogens is 2. The number of hydrogen-bond donors (Lipinski definition) is 2. The van der Waals surface area contributed by atoms with E-state index in [9.17, 15) is 13.6 Å². The van der Waals surface area contributed by atoms with Crippen LogP contribution >= 0.6 is 0 Å². The molecule has 0 aromatic heterocycles. The van der Waals surface area contributed by atoms with Crippen LogP contribution in [0.1, 0.15) is 34.3 Å². The molecule has 0 fully saturated rings. The maximum absolute atomic E-state index is 14.6. The van der Waals surface area contributed by atoms with Crippen LogP contribution in [0.15, 0.2) is 48.6 Å². The third-order valence-corrected chi connectivity index (χ3v) is 5.63. The van der Waals surface area contributed by atoms with E-state index in [1.165, 1.54) is 12.1 Å². The molecular formula is C24H25F2N3O. The van der Waals surface area contributed by atoms with Gasteiger partial charge in [0.2, 0.25) is 0 Å². The average Bonchev–Trinajstić information content (AvgIpc) is 2.75. The molecule has 6 heteroatoms. The SMILES string of the molecule is CN1CC=C(c2ccc(NC(=O)c3ccc(C4=CCNCC4)c(F)c3)cc2F)CC1. The van der Waals surface area contributed by atoms with Crippen LogP contribution in [0.5, 0.6) is 0 Å². The van der Waals surface area contributed by atoms with Gasteiger partial charge in [0.1, 0.15) is 11.6 Å². The minimum absolute atomic E-state index is 0.202.